The van der Waals surface area contributed by atoms with Crippen molar-refractivity contribution in [2.75, 3.05) is 11.9 Å². The Hall–Kier alpha value is -2.77. The van der Waals surface area contributed by atoms with Crippen LogP contribution >= 0.6 is 0 Å². The quantitative estimate of drug-likeness (QED) is 0.738. The minimum Gasteiger partial charge on any atom is -0.352 e. The van der Waals surface area contributed by atoms with E-state index < -0.39 is 5.91 Å². The van der Waals surface area contributed by atoms with Gasteiger partial charge < -0.3 is 10.6 Å². The summed E-state index contributed by atoms with van der Waals surface area (Å²) in [5, 5.41) is 18.0. The SMILES string of the molecule is CCCNC(=O)c1ccccc1NC(=O)c1nn[nH]n1. The summed E-state index contributed by atoms with van der Waals surface area (Å²) >= 11 is 0. The number of anilines is 1. The lowest BCUT2D eigenvalue weighted by molar-refractivity contribution is 0.0954. The molecule has 8 heteroatoms. The molecule has 3 N–H and O–H groups in total. The Morgan fingerprint density at radius 1 is 1.25 bits per heavy atom. The molecule has 0 radical (unpaired) electrons. The Labute approximate surface area is 115 Å². The Balaban J connectivity index is 2.15. The first-order valence-electron chi connectivity index (χ1n) is 6.14. The molecule has 2 amide bonds. The number of rotatable bonds is 5. The lowest BCUT2D eigenvalue weighted by Gasteiger charge is -2.09. The van der Waals surface area contributed by atoms with Gasteiger partial charge in [0.1, 0.15) is 0 Å². The van der Waals surface area contributed by atoms with Crippen molar-refractivity contribution in [2.45, 2.75) is 13.3 Å². The topological polar surface area (TPSA) is 113 Å². The van der Waals surface area contributed by atoms with E-state index in [0.717, 1.165) is 6.42 Å². The van der Waals surface area contributed by atoms with Gasteiger partial charge >= 0.3 is 0 Å². The summed E-state index contributed by atoms with van der Waals surface area (Å²) in [6.07, 6.45) is 0.836. The fraction of sp³-hybridized carbons (Fsp3) is 0.250. The average molecular weight is 274 g/mol. The summed E-state index contributed by atoms with van der Waals surface area (Å²) in [6, 6.07) is 6.73. The van der Waals surface area contributed by atoms with Crippen LogP contribution < -0.4 is 10.6 Å². The van der Waals surface area contributed by atoms with Crippen molar-refractivity contribution in [1.82, 2.24) is 25.9 Å². The Morgan fingerprint density at radius 2 is 2.05 bits per heavy atom. The maximum absolute atomic E-state index is 12.0. The van der Waals surface area contributed by atoms with Crippen LogP contribution in [0.1, 0.15) is 34.3 Å². The highest BCUT2D eigenvalue weighted by atomic mass is 16.2. The number of tetrazole rings is 1. The summed E-state index contributed by atoms with van der Waals surface area (Å²) < 4.78 is 0. The van der Waals surface area contributed by atoms with Crippen LogP contribution in [0.15, 0.2) is 24.3 Å². The zero-order chi connectivity index (χ0) is 14.4. The molecular weight excluding hydrogens is 260 g/mol. The number of carbonyl (C=O) groups excluding carboxylic acids is 2. The molecule has 0 atom stereocenters. The molecule has 0 unspecified atom stereocenters. The minimum atomic E-state index is -0.533. The van der Waals surface area contributed by atoms with Gasteiger partial charge in [0.15, 0.2) is 0 Å². The second-order valence-electron chi connectivity index (χ2n) is 3.99. The second-order valence-corrected chi connectivity index (χ2v) is 3.99. The lowest BCUT2D eigenvalue weighted by Crippen LogP contribution is -2.26. The van der Waals surface area contributed by atoms with E-state index in [4.69, 9.17) is 0 Å². The first kappa shape index (κ1) is 13.7. The lowest BCUT2D eigenvalue weighted by atomic mass is 10.1. The molecule has 2 rings (SSSR count). The average Bonchev–Trinajstić information content (AvgIpc) is 2.99. The van der Waals surface area contributed by atoms with Gasteiger partial charge in [0.25, 0.3) is 17.6 Å². The summed E-state index contributed by atoms with van der Waals surface area (Å²) in [4.78, 5) is 23.8. The number of amides is 2. The molecule has 1 aromatic heterocycles. The number of benzene rings is 1. The zero-order valence-corrected chi connectivity index (χ0v) is 10.9. The number of H-pyrrole nitrogens is 1. The molecule has 2 aromatic rings. The molecule has 0 saturated heterocycles. The summed E-state index contributed by atoms with van der Waals surface area (Å²) in [7, 11) is 0. The van der Waals surface area contributed by atoms with Crippen LogP contribution in [0.3, 0.4) is 0 Å². The van der Waals surface area contributed by atoms with Crippen LogP contribution in [0.5, 0.6) is 0 Å². The number of hydrogen-bond donors (Lipinski definition) is 3. The van der Waals surface area contributed by atoms with E-state index in [9.17, 15) is 9.59 Å². The molecule has 1 heterocycles. The van der Waals surface area contributed by atoms with E-state index in [1.165, 1.54) is 0 Å². The Morgan fingerprint density at radius 3 is 2.75 bits per heavy atom. The maximum atomic E-state index is 12.0. The third-order valence-corrected chi connectivity index (χ3v) is 2.50. The molecule has 1 aromatic carbocycles. The Bertz CT molecular complexity index is 596. The molecule has 0 spiro atoms. The minimum absolute atomic E-state index is 0.0891. The molecule has 0 bridgehead atoms. The molecule has 8 nitrogen and oxygen atoms in total. The third kappa shape index (κ3) is 3.16. The summed E-state index contributed by atoms with van der Waals surface area (Å²) in [5.41, 5.74) is 0.786. The number of para-hydroxylation sites is 1. The van der Waals surface area contributed by atoms with Crippen molar-refractivity contribution < 1.29 is 9.59 Å². The summed E-state index contributed by atoms with van der Waals surface area (Å²) in [5.74, 6) is -0.862. The van der Waals surface area contributed by atoms with Crippen LogP contribution in [-0.2, 0) is 0 Å². The van der Waals surface area contributed by atoms with E-state index in [1.54, 1.807) is 24.3 Å². The van der Waals surface area contributed by atoms with Crippen molar-refractivity contribution >= 4 is 17.5 Å². The molecule has 0 fully saturated rings. The smallest absolute Gasteiger partial charge is 0.297 e. The normalized spacial score (nSPS) is 10.1. The van der Waals surface area contributed by atoms with Gasteiger partial charge in [-0.15, -0.1) is 10.2 Å². The van der Waals surface area contributed by atoms with Gasteiger partial charge in [-0.1, -0.05) is 19.1 Å². The van der Waals surface area contributed by atoms with E-state index >= 15 is 0 Å². The number of aromatic amines is 1. The molecule has 0 aliphatic heterocycles. The van der Waals surface area contributed by atoms with Crippen molar-refractivity contribution in [2.24, 2.45) is 0 Å². The first-order valence-corrected chi connectivity index (χ1v) is 6.14. The monoisotopic (exact) mass is 274 g/mol. The fourth-order valence-corrected chi connectivity index (χ4v) is 1.56. The van der Waals surface area contributed by atoms with Gasteiger partial charge in [0.2, 0.25) is 0 Å². The van der Waals surface area contributed by atoms with Crippen LogP contribution in [0, 0.1) is 0 Å². The highest BCUT2D eigenvalue weighted by Gasteiger charge is 2.15. The van der Waals surface area contributed by atoms with Crippen LogP contribution in [0.4, 0.5) is 5.69 Å². The van der Waals surface area contributed by atoms with Crippen LogP contribution in [-0.4, -0.2) is 39.0 Å². The molecule has 0 saturated carbocycles. The van der Waals surface area contributed by atoms with Gasteiger partial charge in [0.05, 0.1) is 11.3 Å². The molecular formula is C12H14N6O2. The van der Waals surface area contributed by atoms with E-state index in [1.807, 2.05) is 6.92 Å². The van der Waals surface area contributed by atoms with E-state index in [-0.39, 0.29) is 11.7 Å². The van der Waals surface area contributed by atoms with Gasteiger partial charge in [-0.3, -0.25) is 9.59 Å². The highest BCUT2D eigenvalue weighted by Crippen LogP contribution is 2.15. The second kappa shape index (κ2) is 6.41. The van der Waals surface area contributed by atoms with Crippen molar-refractivity contribution in [3.63, 3.8) is 0 Å². The van der Waals surface area contributed by atoms with E-state index in [2.05, 4.69) is 31.3 Å². The van der Waals surface area contributed by atoms with Crippen molar-refractivity contribution in [1.29, 1.82) is 0 Å². The van der Waals surface area contributed by atoms with Crippen molar-refractivity contribution in [3.8, 4) is 0 Å². The number of aromatic nitrogens is 4. The van der Waals surface area contributed by atoms with Gasteiger partial charge in [-0.25, -0.2) is 0 Å². The number of nitrogens with one attached hydrogen (secondary N) is 3. The highest BCUT2D eigenvalue weighted by molar-refractivity contribution is 6.07. The third-order valence-electron chi connectivity index (χ3n) is 2.50. The molecule has 104 valence electrons. The molecule has 0 aliphatic carbocycles. The number of nitrogens with zero attached hydrogens (tertiary/aromatic N) is 3. The van der Waals surface area contributed by atoms with Crippen LogP contribution in [0.2, 0.25) is 0 Å². The molecule has 0 aliphatic rings. The fourth-order valence-electron chi connectivity index (χ4n) is 1.56. The van der Waals surface area contributed by atoms with Gasteiger partial charge in [0, 0.05) is 6.54 Å². The standard InChI is InChI=1S/C12H14N6O2/c1-2-7-13-11(19)8-5-3-4-6-9(8)14-12(20)10-15-17-18-16-10/h3-6H,2,7H2,1H3,(H,13,19)(H,14,20)(H,15,16,17,18). The predicted octanol–water partition coefficient (Wildman–Crippen LogP) is 0.592. The summed E-state index contributed by atoms with van der Waals surface area (Å²) in [6.45, 7) is 2.54. The molecule has 20 heavy (non-hydrogen) atoms. The van der Waals surface area contributed by atoms with E-state index in [0.29, 0.717) is 17.8 Å². The number of hydrogen-bond acceptors (Lipinski definition) is 5. The van der Waals surface area contributed by atoms with Gasteiger partial charge in [-0.2, -0.15) is 5.21 Å². The Kier molecular flexibility index (Phi) is 4.38. The van der Waals surface area contributed by atoms with Crippen LogP contribution in [0.25, 0.3) is 0 Å². The first-order chi connectivity index (χ1) is 9.72. The zero-order valence-electron chi connectivity index (χ0n) is 10.9. The largest absolute Gasteiger partial charge is 0.352 e. The number of carbonyl (C=O) groups is 2. The van der Waals surface area contributed by atoms with Gasteiger partial charge in [-0.05, 0) is 23.8 Å². The van der Waals surface area contributed by atoms with Crippen molar-refractivity contribution in [3.05, 3.63) is 35.7 Å². The maximum Gasteiger partial charge on any atom is 0.297 e. The predicted molar refractivity (Wildman–Crippen MR) is 71.2 cm³/mol.